The summed E-state index contributed by atoms with van der Waals surface area (Å²) >= 11 is 0. The minimum Gasteiger partial charge on any atom is -0.508 e. The number of aromatic hydroxyl groups is 1. The molecule has 1 aliphatic carbocycles. The van der Waals surface area contributed by atoms with Gasteiger partial charge in [-0.15, -0.1) is 24.0 Å². The maximum atomic E-state index is 11.6. The number of rotatable bonds is 3. The van der Waals surface area contributed by atoms with Crippen LogP contribution in [0.15, 0.2) is 17.1 Å². The van der Waals surface area contributed by atoms with Crippen molar-refractivity contribution < 1.29 is 13.5 Å². The van der Waals surface area contributed by atoms with E-state index in [0.717, 1.165) is 24.8 Å². The minimum atomic E-state index is -2.92. The van der Waals surface area contributed by atoms with E-state index in [0.29, 0.717) is 24.7 Å². The Kier molecular flexibility index (Phi) is 6.95. The van der Waals surface area contributed by atoms with Gasteiger partial charge in [-0.3, -0.25) is 4.99 Å². The third-order valence-corrected chi connectivity index (χ3v) is 6.62. The third-order valence-electron chi connectivity index (χ3n) is 4.86. The highest BCUT2D eigenvalue weighted by Crippen LogP contribution is 2.30. The Hall–Kier alpha value is -1.03. The van der Waals surface area contributed by atoms with Crippen molar-refractivity contribution in [2.24, 2.45) is 4.99 Å². The first-order valence-corrected chi connectivity index (χ1v) is 10.3. The monoisotopic (exact) mass is 479 g/mol. The molecule has 3 N–H and O–H groups in total. The first kappa shape index (κ1) is 20.3. The molecule has 140 valence electrons. The molecular formula is C17H26IN3O3S. The molecule has 0 saturated carbocycles. The van der Waals surface area contributed by atoms with Crippen LogP contribution in [0.3, 0.4) is 0 Å². The van der Waals surface area contributed by atoms with Gasteiger partial charge in [0.2, 0.25) is 0 Å². The zero-order valence-electron chi connectivity index (χ0n) is 14.4. The van der Waals surface area contributed by atoms with Crippen molar-refractivity contribution in [1.82, 2.24) is 10.6 Å². The lowest BCUT2D eigenvalue weighted by molar-refractivity contribution is 0.464. The molecule has 1 unspecified atom stereocenters. The highest BCUT2D eigenvalue weighted by molar-refractivity contribution is 14.0. The summed E-state index contributed by atoms with van der Waals surface area (Å²) in [5, 5.41) is 16.6. The fourth-order valence-corrected chi connectivity index (χ4v) is 5.23. The zero-order chi connectivity index (χ0) is 17.2. The molecule has 6 nitrogen and oxygen atoms in total. The van der Waals surface area contributed by atoms with Crippen LogP contribution in [0.4, 0.5) is 0 Å². The smallest absolute Gasteiger partial charge is 0.191 e. The lowest BCUT2D eigenvalue weighted by Crippen LogP contribution is -2.43. The number of hydrogen-bond acceptors (Lipinski definition) is 4. The Labute approximate surface area is 166 Å². The Morgan fingerprint density at radius 1 is 1.32 bits per heavy atom. The van der Waals surface area contributed by atoms with Gasteiger partial charge in [0.1, 0.15) is 5.75 Å². The molecule has 1 aliphatic heterocycles. The average Bonchev–Trinajstić information content (AvgIpc) is 2.91. The van der Waals surface area contributed by atoms with Crippen molar-refractivity contribution in [2.75, 3.05) is 18.6 Å². The number of nitrogens with one attached hydrogen (secondary N) is 2. The highest BCUT2D eigenvalue weighted by Gasteiger charge is 2.28. The number of sulfone groups is 1. The summed E-state index contributed by atoms with van der Waals surface area (Å²) in [6.07, 6.45) is 5.01. The van der Waals surface area contributed by atoms with E-state index in [4.69, 9.17) is 0 Å². The van der Waals surface area contributed by atoms with Crippen LogP contribution in [-0.4, -0.2) is 44.1 Å². The van der Waals surface area contributed by atoms with E-state index in [1.807, 2.05) is 6.07 Å². The summed E-state index contributed by atoms with van der Waals surface area (Å²) in [5.74, 6) is 1.26. The van der Waals surface area contributed by atoms with E-state index in [2.05, 4.69) is 15.6 Å². The second kappa shape index (κ2) is 8.57. The number of aryl methyl sites for hydroxylation is 1. The fourth-order valence-electron chi connectivity index (χ4n) is 3.56. The molecule has 1 aromatic carbocycles. The molecule has 0 aromatic heterocycles. The van der Waals surface area contributed by atoms with Gasteiger partial charge < -0.3 is 15.7 Å². The van der Waals surface area contributed by atoms with Crippen molar-refractivity contribution in [1.29, 1.82) is 0 Å². The van der Waals surface area contributed by atoms with Gasteiger partial charge in [0, 0.05) is 25.2 Å². The van der Waals surface area contributed by atoms with Gasteiger partial charge in [-0.25, -0.2) is 8.42 Å². The van der Waals surface area contributed by atoms with Crippen molar-refractivity contribution in [2.45, 2.75) is 44.7 Å². The van der Waals surface area contributed by atoms with E-state index in [1.165, 1.54) is 17.5 Å². The maximum Gasteiger partial charge on any atom is 0.191 e. The van der Waals surface area contributed by atoms with Gasteiger partial charge >= 0.3 is 0 Å². The van der Waals surface area contributed by atoms with Crippen LogP contribution in [-0.2, 0) is 29.2 Å². The number of hydrogen-bond donors (Lipinski definition) is 3. The zero-order valence-corrected chi connectivity index (χ0v) is 17.6. The minimum absolute atomic E-state index is 0. The quantitative estimate of drug-likeness (QED) is 0.349. The fraction of sp³-hybridized carbons (Fsp3) is 0.588. The van der Waals surface area contributed by atoms with E-state index in [1.54, 1.807) is 13.1 Å². The van der Waals surface area contributed by atoms with Gasteiger partial charge in [-0.05, 0) is 49.3 Å². The van der Waals surface area contributed by atoms with E-state index in [-0.39, 0.29) is 41.5 Å². The Morgan fingerprint density at radius 3 is 2.76 bits per heavy atom. The molecule has 0 amide bonds. The molecule has 1 fully saturated rings. The molecule has 1 saturated heterocycles. The van der Waals surface area contributed by atoms with Crippen LogP contribution in [0.2, 0.25) is 0 Å². The molecule has 3 rings (SSSR count). The Morgan fingerprint density at radius 2 is 2.08 bits per heavy atom. The summed E-state index contributed by atoms with van der Waals surface area (Å²) in [4.78, 5) is 4.17. The predicted molar refractivity (Wildman–Crippen MR) is 111 cm³/mol. The molecule has 1 atom stereocenters. The van der Waals surface area contributed by atoms with E-state index >= 15 is 0 Å². The number of guanidine groups is 1. The highest BCUT2D eigenvalue weighted by atomic mass is 127. The second-order valence-electron chi connectivity index (χ2n) is 6.58. The van der Waals surface area contributed by atoms with Crippen LogP contribution in [0.25, 0.3) is 0 Å². The number of fused-ring (bicyclic) bond motifs is 1. The van der Waals surface area contributed by atoms with Crippen LogP contribution < -0.4 is 10.6 Å². The SMILES string of the molecule is CN=C(NCc1c(O)ccc2c1CCCC2)NC1CCS(=O)(=O)C1.I. The lowest BCUT2D eigenvalue weighted by atomic mass is 9.88. The molecule has 25 heavy (non-hydrogen) atoms. The number of halogens is 1. The third kappa shape index (κ3) is 4.99. The number of aliphatic imine (C=N–C) groups is 1. The number of phenols is 1. The number of benzene rings is 1. The van der Waals surface area contributed by atoms with Crippen LogP contribution >= 0.6 is 24.0 Å². The predicted octanol–water partition coefficient (Wildman–Crippen LogP) is 1.74. The van der Waals surface area contributed by atoms with E-state index in [9.17, 15) is 13.5 Å². The summed E-state index contributed by atoms with van der Waals surface area (Å²) < 4.78 is 23.1. The normalized spacial score (nSPS) is 22.0. The van der Waals surface area contributed by atoms with Crippen LogP contribution in [0.1, 0.15) is 36.0 Å². The first-order chi connectivity index (χ1) is 11.5. The largest absolute Gasteiger partial charge is 0.508 e. The topological polar surface area (TPSA) is 90.8 Å². The van der Waals surface area contributed by atoms with E-state index < -0.39 is 9.84 Å². The number of phenolic OH excluding ortho intramolecular Hbond substituents is 1. The molecule has 1 aromatic rings. The standard InChI is InChI=1S/C17H25N3O3S.HI/c1-18-17(20-13-8-9-24(22,23)11-13)19-10-15-14-5-3-2-4-12(14)6-7-16(15)21;/h6-7,13,21H,2-5,8-11H2,1H3,(H2,18,19,20);1H. The summed E-state index contributed by atoms with van der Waals surface area (Å²) in [7, 11) is -1.25. The lowest BCUT2D eigenvalue weighted by Gasteiger charge is -2.22. The molecule has 0 radical (unpaired) electrons. The molecule has 8 heteroatoms. The molecular weight excluding hydrogens is 453 g/mol. The van der Waals surface area contributed by atoms with Crippen molar-refractivity contribution in [3.63, 3.8) is 0 Å². The van der Waals surface area contributed by atoms with Crippen LogP contribution in [0.5, 0.6) is 5.75 Å². The van der Waals surface area contributed by atoms with Crippen molar-refractivity contribution in [3.05, 3.63) is 28.8 Å². The van der Waals surface area contributed by atoms with Crippen molar-refractivity contribution in [3.8, 4) is 5.75 Å². The van der Waals surface area contributed by atoms with Gasteiger partial charge in [-0.1, -0.05) is 6.07 Å². The Bertz CT molecular complexity index is 750. The summed E-state index contributed by atoms with van der Waals surface area (Å²) in [5.41, 5.74) is 3.49. The second-order valence-corrected chi connectivity index (χ2v) is 8.81. The first-order valence-electron chi connectivity index (χ1n) is 8.49. The van der Waals surface area contributed by atoms with Crippen molar-refractivity contribution >= 4 is 39.8 Å². The molecule has 0 bridgehead atoms. The average molecular weight is 479 g/mol. The number of nitrogens with zero attached hydrogens (tertiary/aromatic N) is 1. The van der Waals surface area contributed by atoms with Crippen LogP contribution in [0, 0.1) is 0 Å². The summed E-state index contributed by atoms with van der Waals surface area (Å²) in [6, 6.07) is 3.68. The van der Waals surface area contributed by atoms with Gasteiger partial charge in [0.25, 0.3) is 0 Å². The van der Waals surface area contributed by atoms with Gasteiger partial charge in [0.15, 0.2) is 15.8 Å². The molecule has 0 spiro atoms. The maximum absolute atomic E-state index is 11.6. The Balaban J connectivity index is 0.00000225. The molecule has 2 aliphatic rings. The molecule has 1 heterocycles. The summed E-state index contributed by atoms with van der Waals surface area (Å²) in [6.45, 7) is 0.480. The van der Waals surface area contributed by atoms with Gasteiger partial charge in [-0.2, -0.15) is 0 Å². The van der Waals surface area contributed by atoms with Gasteiger partial charge in [0.05, 0.1) is 11.5 Å².